The summed E-state index contributed by atoms with van der Waals surface area (Å²) in [7, 11) is 0. The van der Waals surface area contributed by atoms with Gasteiger partial charge in [-0.15, -0.1) is 0 Å². The van der Waals surface area contributed by atoms with E-state index in [-0.39, 0.29) is 5.56 Å². The van der Waals surface area contributed by atoms with Gasteiger partial charge in [-0.2, -0.15) is 0 Å². The summed E-state index contributed by atoms with van der Waals surface area (Å²) in [4.78, 5) is 14.9. The van der Waals surface area contributed by atoms with E-state index in [1.807, 2.05) is 38.1 Å². The van der Waals surface area contributed by atoms with Crippen molar-refractivity contribution in [3.63, 3.8) is 0 Å². The van der Waals surface area contributed by atoms with Gasteiger partial charge >= 0.3 is 0 Å². The highest BCUT2D eigenvalue weighted by molar-refractivity contribution is 5.83. The van der Waals surface area contributed by atoms with Crippen molar-refractivity contribution in [3.05, 3.63) is 45.7 Å². The largest absolute Gasteiger partial charge is 0.382 e. The summed E-state index contributed by atoms with van der Waals surface area (Å²) in [5, 5.41) is 1.05. The number of rotatable bonds is 4. The number of fused-ring (bicyclic) bond motifs is 1. The number of aryl methyl sites for hydroxylation is 1. The number of hydrogen-bond donors (Lipinski definition) is 1. The third-order valence-electron chi connectivity index (χ3n) is 3.19. The quantitative estimate of drug-likeness (QED) is 0.685. The molecule has 0 aliphatic carbocycles. The molecule has 0 unspecified atom stereocenters. The molecule has 0 fully saturated rings. The number of unbranched alkanes of at least 4 members (excludes halogenated alkanes) is 1. The number of para-hydroxylation sites is 1. The first kappa shape index (κ1) is 14.4. The highest BCUT2D eigenvalue weighted by atomic mass is 16.5. The van der Waals surface area contributed by atoms with Crippen LogP contribution in [0, 0.1) is 18.8 Å². The minimum atomic E-state index is -0.112. The fraction of sp³-hybridized carbons (Fsp3) is 0.353. The van der Waals surface area contributed by atoms with Gasteiger partial charge in [0.15, 0.2) is 0 Å². The maximum absolute atomic E-state index is 12.0. The first-order chi connectivity index (χ1) is 9.74. The van der Waals surface area contributed by atoms with E-state index in [0.717, 1.165) is 42.5 Å². The van der Waals surface area contributed by atoms with Crippen molar-refractivity contribution in [2.24, 2.45) is 0 Å². The van der Waals surface area contributed by atoms with Crippen LogP contribution in [-0.2, 0) is 4.74 Å². The Hall–Kier alpha value is -2.05. The molecule has 3 nitrogen and oxygen atoms in total. The van der Waals surface area contributed by atoms with Crippen molar-refractivity contribution in [1.82, 2.24) is 4.98 Å². The number of H-pyrrole nitrogens is 1. The highest BCUT2D eigenvalue weighted by Crippen LogP contribution is 2.16. The van der Waals surface area contributed by atoms with Gasteiger partial charge < -0.3 is 9.72 Å². The van der Waals surface area contributed by atoms with Gasteiger partial charge in [-0.25, -0.2) is 0 Å². The van der Waals surface area contributed by atoms with Crippen LogP contribution >= 0.6 is 0 Å². The molecule has 0 aliphatic heterocycles. The first-order valence-corrected chi connectivity index (χ1v) is 6.92. The van der Waals surface area contributed by atoms with Crippen molar-refractivity contribution in [2.75, 3.05) is 13.2 Å². The number of benzene rings is 1. The van der Waals surface area contributed by atoms with Gasteiger partial charge in [-0.3, -0.25) is 4.79 Å². The predicted octanol–water partition coefficient (Wildman–Crippen LogP) is 3.00. The number of aromatic nitrogens is 1. The Balaban J connectivity index is 2.22. The summed E-state index contributed by atoms with van der Waals surface area (Å²) in [6.45, 7) is 5.38. The molecule has 20 heavy (non-hydrogen) atoms. The van der Waals surface area contributed by atoms with Crippen molar-refractivity contribution >= 4 is 10.9 Å². The fourth-order valence-corrected chi connectivity index (χ4v) is 2.12. The van der Waals surface area contributed by atoms with E-state index in [2.05, 4.69) is 16.8 Å². The van der Waals surface area contributed by atoms with Gasteiger partial charge in [0.2, 0.25) is 0 Å². The standard InChI is InChI=1S/C17H19NO2/c1-3-20-12-8-4-5-10-15-13(2)14-9-6-7-11-16(14)18-17(15)19/h6-7,9,11H,3-4,8,12H2,1-2H3,(H,18,19). The van der Waals surface area contributed by atoms with Gasteiger partial charge in [-0.05, 0) is 31.9 Å². The lowest BCUT2D eigenvalue weighted by molar-refractivity contribution is 0.146. The van der Waals surface area contributed by atoms with Crippen LogP contribution in [0.3, 0.4) is 0 Å². The maximum atomic E-state index is 12.0. The summed E-state index contributed by atoms with van der Waals surface area (Å²) in [5.41, 5.74) is 2.26. The number of nitrogens with one attached hydrogen (secondary N) is 1. The molecule has 3 heteroatoms. The summed E-state index contributed by atoms with van der Waals surface area (Å²) in [5.74, 6) is 6.06. The van der Waals surface area contributed by atoms with Crippen LogP contribution in [0.25, 0.3) is 10.9 Å². The smallest absolute Gasteiger partial charge is 0.264 e. The summed E-state index contributed by atoms with van der Waals surface area (Å²) < 4.78 is 5.26. The van der Waals surface area contributed by atoms with Crippen molar-refractivity contribution in [3.8, 4) is 11.8 Å². The lowest BCUT2D eigenvalue weighted by atomic mass is 10.1. The lowest BCUT2D eigenvalue weighted by Gasteiger charge is -2.03. The monoisotopic (exact) mass is 269 g/mol. The molecule has 0 radical (unpaired) electrons. The topological polar surface area (TPSA) is 42.1 Å². The molecule has 0 amide bonds. The molecule has 1 N–H and O–H groups in total. The fourth-order valence-electron chi connectivity index (χ4n) is 2.12. The molecule has 0 spiro atoms. The molecule has 0 bridgehead atoms. The molecule has 0 saturated carbocycles. The summed E-state index contributed by atoms with van der Waals surface area (Å²) in [6, 6.07) is 7.79. The Morgan fingerprint density at radius 3 is 2.90 bits per heavy atom. The number of aromatic amines is 1. The maximum Gasteiger partial charge on any atom is 0.264 e. The second-order valence-corrected chi connectivity index (χ2v) is 4.60. The van der Waals surface area contributed by atoms with Gasteiger partial charge in [-0.1, -0.05) is 30.0 Å². The van der Waals surface area contributed by atoms with Gasteiger partial charge in [0, 0.05) is 30.5 Å². The Morgan fingerprint density at radius 2 is 2.10 bits per heavy atom. The number of hydrogen-bond acceptors (Lipinski definition) is 2. The Labute approximate surface area is 119 Å². The third-order valence-corrected chi connectivity index (χ3v) is 3.19. The second kappa shape index (κ2) is 6.93. The third kappa shape index (κ3) is 3.28. The first-order valence-electron chi connectivity index (χ1n) is 6.92. The summed E-state index contributed by atoms with van der Waals surface area (Å²) in [6.07, 6.45) is 1.64. The van der Waals surface area contributed by atoms with Gasteiger partial charge in [0.05, 0.1) is 5.56 Å². The van der Waals surface area contributed by atoms with Crippen LogP contribution < -0.4 is 5.56 Å². The zero-order valence-electron chi connectivity index (χ0n) is 12.0. The van der Waals surface area contributed by atoms with E-state index < -0.39 is 0 Å². The highest BCUT2D eigenvalue weighted by Gasteiger charge is 2.05. The van der Waals surface area contributed by atoms with E-state index in [4.69, 9.17) is 4.74 Å². The Kier molecular flexibility index (Phi) is 4.97. The van der Waals surface area contributed by atoms with Crippen LogP contribution in [0.4, 0.5) is 0 Å². The molecular formula is C17H19NO2. The lowest BCUT2D eigenvalue weighted by Crippen LogP contribution is -2.12. The van der Waals surface area contributed by atoms with E-state index >= 15 is 0 Å². The zero-order chi connectivity index (χ0) is 14.4. The molecule has 0 saturated heterocycles. The molecule has 1 aromatic carbocycles. The van der Waals surface area contributed by atoms with Crippen LogP contribution in [0.2, 0.25) is 0 Å². The van der Waals surface area contributed by atoms with Crippen molar-refractivity contribution < 1.29 is 4.74 Å². The average molecular weight is 269 g/mol. The minimum Gasteiger partial charge on any atom is -0.382 e. The van der Waals surface area contributed by atoms with E-state index in [0.29, 0.717) is 5.56 Å². The van der Waals surface area contributed by atoms with Crippen molar-refractivity contribution in [2.45, 2.75) is 26.7 Å². The van der Waals surface area contributed by atoms with Crippen LogP contribution in [0.5, 0.6) is 0 Å². The van der Waals surface area contributed by atoms with Gasteiger partial charge in [0.1, 0.15) is 0 Å². The number of pyridine rings is 1. The van der Waals surface area contributed by atoms with Crippen molar-refractivity contribution in [1.29, 1.82) is 0 Å². The Bertz CT molecular complexity index is 704. The SMILES string of the molecule is CCOCCCC#Cc1c(C)c2ccccc2[nH]c1=O. The molecule has 0 aliphatic rings. The molecule has 2 aromatic rings. The normalized spacial score (nSPS) is 10.3. The average Bonchev–Trinajstić information content (AvgIpc) is 2.45. The molecule has 2 rings (SSSR count). The molecule has 0 atom stereocenters. The van der Waals surface area contributed by atoms with E-state index in [1.54, 1.807) is 0 Å². The van der Waals surface area contributed by atoms with Crippen LogP contribution in [0.1, 0.15) is 30.9 Å². The molecule has 1 aromatic heterocycles. The molecular weight excluding hydrogens is 250 g/mol. The number of ether oxygens (including phenoxy) is 1. The zero-order valence-corrected chi connectivity index (χ0v) is 12.0. The van der Waals surface area contributed by atoms with E-state index in [1.165, 1.54) is 0 Å². The predicted molar refractivity (Wildman–Crippen MR) is 81.9 cm³/mol. The Morgan fingerprint density at radius 1 is 1.30 bits per heavy atom. The molecule has 1 heterocycles. The van der Waals surface area contributed by atoms with Gasteiger partial charge in [0.25, 0.3) is 5.56 Å². The molecule has 104 valence electrons. The summed E-state index contributed by atoms with van der Waals surface area (Å²) >= 11 is 0. The minimum absolute atomic E-state index is 0.112. The second-order valence-electron chi connectivity index (χ2n) is 4.60. The van der Waals surface area contributed by atoms with E-state index in [9.17, 15) is 4.79 Å². The van der Waals surface area contributed by atoms with Crippen LogP contribution in [-0.4, -0.2) is 18.2 Å². The van der Waals surface area contributed by atoms with Crippen LogP contribution in [0.15, 0.2) is 29.1 Å².